The normalized spacial score (nSPS) is 11.5. The first-order valence-electron chi connectivity index (χ1n) is 5.37. The second kappa shape index (κ2) is 5.90. The summed E-state index contributed by atoms with van der Waals surface area (Å²) >= 11 is 0. The molecular formula is C12H16N2O4. The number of rotatable bonds is 4. The molecule has 0 spiro atoms. The van der Waals surface area contributed by atoms with E-state index in [9.17, 15) is 9.59 Å². The Balaban J connectivity index is 2.78. The lowest BCUT2D eigenvalue weighted by Gasteiger charge is -2.22. The summed E-state index contributed by atoms with van der Waals surface area (Å²) in [6.45, 7) is 1.43. The Hall–Kier alpha value is -2.24. The van der Waals surface area contributed by atoms with Crippen LogP contribution in [0.15, 0.2) is 24.3 Å². The van der Waals surface area contributed by atoms with E-state index in [1.807, 2.05) is 0 Å². The van der Waals surface area contributed by atoms with Gasteiger partial charge in [-0.3, -0.25) is 0 Å². The maximum Gasteiger partial charge on any atom is 0.326 e. The first-order valence-corrected chi connectivity index (χ1v) is 5.37. The van der Waals surface area contributed by atoms with Crippen LogP contribution >= 0.6 is 0 Å². The monoisotopic (exact) mass is 252 g/mol. The van der Waals surface area contributed by atoms with Gasteiger partial charge in [-0.15, -0.1) is 0 Å². The molecule has 0 aliphatic heterocycles. The molecule has 6 nitrogen and oxygen atoms in total. The van der Waals surface area contributed by atoms with Gasteiger partial charge in [0.05, 0.1) is 12.8 Å². The van der Waals surface area contributed by atoms with Crippen LogP contribution in [0.2, 0.25) is 0 Å². The zero-order chi connectivity index (χ0) is 13.7. The van der Waals surface area contributed by atoms with Crippen molar-refractivity contribution in [3.63, 3.8) is 0 Å². The largest absolute Gasteiger partial charge is 0.495 e. The standard InChI is InChI=1S/C12H16N2O4/c1-8(11(15)16)14(2)12(17)13-9-6-4-5-7-10(9)18-3/h4-8H,1-3H3,(H,13,17)(H,15,16). The molecule has 1 atom stereocenters. The number of hydrogen-bond acceptors (Lipinski definition) is 3. The highest BCUT2D eigenvalue weighted by Gasteiger charge is 2.22. The zero-order valence-corrected chi connectivity index (χ0v) is 10.5. The van der Waals surface area contributed by atoms with Crippen LogP contribution < -0.4 is 10.1 Å². The lowest BCUT2D eigenvalue weighted by Crippen LogP contribution is -2.42. The molecular weight excluding hydrogens is 236 g/mol. The number of carbonyl (C=O) groups is 2. The van der Waals surface area contributed by atoms with Crippen molar-refractivity contribution in [2.75, 3.05) is 19.5 Å². The van der Waals surface area contributed by atoms with Crippen LogP contribution in [-0.2, 0) is 4.79 Å². The number of anilines is 1. The van der Waals surface area contributed by atoms with Crippen LogP contribution in [0.4, 0.5) is 10.5 Å². The Morgan fingerprint density at radius 3 is 2.56 bits per heavy atom. The number of nitrogens with zero attached hydrogens (tertiary/aromatic N) is 1. The summed E-state index contributed by atoms with van der Waals surface area (Å²) in [6.07, 6.45) is 0. The predicted octanol–water partition coefficient (Wildman–Crippen LogP) is 1.63. The van der Waals surface area contributed by atoms with Crippen molar-refractivity contribution in [2.24, 2.45) is 0 Å². The van der Waals surface area contributed by atoms with Gasteiger partial charge in [-0.2, -0.15) is 0 Å². The van der Waals surface area contributed by atoms with Crippen LogP contribution in [0, 0.1) is 0 Å². The van der Waals surface area contributed by atoms with E-state index in [1.54, 1.807) is 24.3 Å². The maximum atomic E-state index is 11.8. The predicted molar refractivity (Wildman–Crippen MR) is 66.9 cm³/mol. The molecule has 0 radical (unpaired) electrons. The highest BCUT2D eigenvalue weighted by molar-refractivity contribution is 5.93. The first kappa shape index (κ1) is 13.8. The Kier molecular flexibility index (Phi) is 4.53. The highest BCUT2D eigenvalue weighted by atomic mass is 16.5. The SMILES string of the molecule is COc1ccccc1NC(=O)N(C)C(C)C(=O)O. The smallest absolute Gasteiger partial charge is 0.326 e. The number of aliphatic carboxylic acids is 1. The number of hydrogen-bond donors (Lipinski definition) is 2. The molecule has 0 fully saturated rings. The maximum absolute atomic E-state index is 11.8. The van der Waals surface area contributed by atoms with Gasteiger partial charge in [0.15, 0.2) is 0 Å². The fourth-order valence-corrected chi connectivity index (χ4v) is 1.29. The molecule has 2 amide bonds. The third-order valence-corrected chi connectivity index (χ3v) is 2.61. The second-order valence-corrected chi connectivity index (χ2v) is 3.76. The molecule has 18 heavy (non-hydrogen) atoms. The molecule has 1 aromatic rings. The van der Waals surface area contributed by atoms with Crippen LogP contribution in [0.1, 0.15) is 6.92 Å². The molecule has 98 valence electrons. The van der Waals surface area contributed by atoms with E-state index in [2.05, 4.69) is 5.32 Å². The van der Waals surface area contributed by atoms with Gasteiger partial charge >= 0.3 is 12.0 Å². The van der Waals surface area contributed by atoms with Crippen LogP contribution in [0.5, 0.6) is 5.75 Å². The summed E-state index contributed by atoms with van der Waals surface area (Å²) < 4.78 is 5.08. The molecule has 0 bridgehead atoms. The van der Waals surface area contributed by atoms with Crippen molar-refractivity contribution in [1.82, 2.24) is 4.90 Å². The number of amides is 2. The van der Waals surface area contributed by atoms with Gasteiger partial charge in [0.2, 0.25) is 0 Å². The Bertz CT molecular complexity index is 447. The molecule has 0 heterocycles. The number of methoxy groups -OCH3 is 1. The Labute approximate surface area is 105 Å². The zero-order valence-electron chi connectivity index (χ0n) is 10.5. The van der Waals surface area contributed by atoms with Crippen molar-refractivity contribution in [2.45, 2.75) is 13.0 Å². The summed E-state index contributed by atoms with van der Waals surface area (Å²) in [5.41, 5.74) is 0.495. The van der Waals surface area contributed by atoms with Gasteiger partial charge in [-0.05, 0) is 19.1 Å². The fourth-order valence-electron chi connectivity index (χ4n) is 1.29. The summed E-state index contributed by atoms with van der Waals surface area (Å²) in [4.78, 5) is 23.7. The molecule has 6 heteroatoms. The quantitative estimate of drug-likeness (QED) is 0.853. The number of carbonyl (C=O) groups excluding carboxylic acids is 1. The average Bonchev–Trinajstić information content (AvgIpc) is 2.37. The summed E-state index contributed by atoms with van der Waals surface area (Å²) in [5.74, 6) is -0.546. The molecule has 1 aromatic carbocycles. The number of carboxylic acids is 1. The van der Waals surface area contributed by atoms with Crippen molar-refractivity contribution in [1.29, 1.82) is 0 Å². The number of para-hydroxylation sites is 2. The number of likely N-dealkylation sites (N-methyl/N-ethyl adjacent to an activating group) is 1. The van der Waals surface area contributed by atoms with Gasteiger partial charge < -0.3 is 20.1 Å². The van der Waals surface area contributed by atoms with Crippen molar-refractivity contribution in [3.8, 4) is 5.75 Å². The van der Waals surface area contributed by atoms with Crippen molar-refractivity contribution in [3.05, 3.63) is 24.3 Å². The lowest BCUT2D eigenvalue weighted by molar-refractivity contribution is -0.141. The van der Waals surface area contributed by atoms with Crippen LogP contribution in [0.25, 0.3) is 0 Å². The van der Waals surface area contributed by atoms with Crippen molar-refractivity contribution < 1.29 is 19.4 Å². The minimum absolute atomic E-state index is 0.495. The molecule has 0 saturated heterocycles. The van der Waals surface area contributed by atoms with E-state index in [0.717, 1.165) is 4.90 Å². The third kappa shape index (κ3) is 3.13. The Morgan fingerprint density at radius 2 is 2.00 bits per heavy atom. The number of benzene rings is 1. The molecule has 2 N–H and O–H groups in total. The average molecular weight is 252 g/mol. The second-order valence-electron chi connectivity index (χ2n) is 3.76. The van der Waals surface area contributed by atoms with E-state index in [1.165, 1.54) is 21.1 Å². The van der Waals surface area contributed by atoms with Gasteiger partial charge in [0.1, 0.15) is 11.8 Å². The van der Waals surface area contributed by atoms with Gasteiger partial charge in [0.25, 0.3) is 0 Å². The topological polar surface area (TPSA) is 78.9 Å². The minimum atomic E-state index is -1.06. The summed E-state index contributed by atoms with van der Waals surface area (Å²) in [6, 6.07) is 5.50. The molecule has 0 aliphatic rings. The molecule has 0 aromatic heterocycles. The van der Waals surface area contributed by atoms with E-state index < -0.39 is 18.0 Å². The molecule has 0 saturated carbocycles. The third-order valence-electron chi connectivity index (χ3n) is 2.61. The van der Waals surface area contributed by atoms with Gasteiger partial charge in [0, 0.05) is 7.05 Å². The number of urea groups is 1. The summed E-state index contributed by atoms with van der Waals surface area (Å²) in [7, 11) is 2.91. The first-order chi connectivity index (χ1) is 8.47. The van der Waals surface area contributed by atoms with Gasteiger partial charge in [-0.1, -0.05) is 12.1 Å². The molecule has 1 unspecified atom stereocenters. The van der Waals surface area contributed by atoms with Crippen molar-refractivity contribution >= 4 is 17.7 Å². The number of carboxylic acid groups (broad SMARTS) is 1. The Morgan fingerprint density at radius 1 is 1.39 bits per heavy atom. The fraction of sp³-hybridized carbons (Fsp3) is 0.333. The number of ether oxygens (including phenoxy) is 1. The van der Waals surface area contributed by atoms with E-state index in [0.29, 0.717) is 11.4 Å². The summed E-state index contributed by atoms with van der Waals surface area (Å²) in [5, 5.41) is 11.4. The van der Waals surface area contributed by atoms with Gasteiger partial charge in [-0.25, -0.2) is 9.59 Å². The number of nitrogens with one attached hydrogen (secondary N) is 1. The molecule has 0 aliphatic carbocycles. The van der Waals surface area contributed by atoms with Crippen LogP contribution in [0.3, 0.4) is 0 Å². The van der Waals surface area contributed by atoms with E-state index in [4.69, 9.17) is 9.84 Å². The highest BCUT2D eigenvalue weighted by Crippen LogP contribution is 2.23. The van der Waals surface area contributed by atoms with Crippen LogP contribution in [-0.4, -0.2) is 42.2 Å². The lowest BCUT2D eigenvalue weighted by atomic mass is 10.3. The van der Waals surface area contributed by atoms with E-state index >= 15 is 0 Å². The molecule has 1 rings (SSSR count). The minimum Gasteiger partial charge on any atom is -0.495 e. The van der Waals surface area contributed by atoms with E-state index in [-0.39, 0.29) is 0 Å².